The summed E-state index contributed by atoms with van der Waals surface area (Å²) >= 11 is 0. The van der Waals surface area contributed by atoms with Crippen LogP contribution in [-0.4, -0.2) is 47.7 Å². The Morgan fingerprint density at radius 2 is 2.32 bits per heavy atom. The van der Waals surface area contributed by atoms with Crippen LogP contribution in [0.1, 0.15) is 39.5 Å². The summed E-state index contributed by atoms with van der Waals surface area (Å²) in [5.41, 5.74) is 5.45. The highest BCUT2D eigenvalue weighted by Gasteiger charge is 2.23. The van der Waals surface area contributed by atoms with Crippen molar-refractivity contribution in [2.45, 2.75) is 45.6 Å². The molecule has 1 fully saturated rings. The third-order valence-corrected chi connectivity index (χ3v) is 3.13. The molecular weight excluding hydrogens is 246 g/mol. The van der Waals surface area contributed by atoms with E-state index in [0.717, 1.165) is 19.4 Å². The number of amidine groups is 1. The number of nitrogens with two attached hydrogens (primary N) is 1. The lowest BCUT2D eigenvalue weighted by Gasteiger charge is -2.25. The van der Waals surface area contributed by atoms with Crippen LogP contribution < -0.4 is 5.73 Å². The van der Waals surface area contributed by atoms with Crippen molar-refractivity contribution >= 4 is 11.7 Å². The first-order chi connectivity index (χ1) is 9.02. The summed E-state index contributed by atoms with van der Waals surface area (Å²) in [6.07, 6.45) is 2.88. The number of carbonyl (C=O) groups excluding carboxylic acids is 1. The van der Waals surface area contributed by atoms with Crippen LogP contribution in [0.2, 0.25) is 0 Å². The van der Waals surface area contributed by atoms with E-state index in [1.54, 1.807) is 4.90 Å². The van der Waals surface area contributed by atoms with Crippen molar-refractivity contribution in [2.24, 2.45) is 16.8 Å². The van der Waals surface area contributed by atoms with E-state index in [9.17, 15) is 4.79 Å². The van der Waals surface area contributed by atoms with Crippen molar-refractivity contribution in [1.29, 1.82) is 0 Å². The van der Waals surface area contributed by atoms with Crippen molar-refractivity contribution in [2.75, 3.05) is 19.7 Å². The highest BCUT2D eigenvalue weighted by molar-refractivity contribution is 5.81. The van der Waals surface area contributed by atoms with E-state index in [1.165, 1.54) is 0 Å². The summed E-state index contributed by atoms with van der Waals surface area (Å²) in [6.45, 7) is 6.06. The van der Waals surface area contributed by atoms with Crippen molar-refractivity contribution in [1.82, 2.24) is 4.90 Å². The molecule has 6 nitrogen and oxygen atoms in total. The molecule has 1 amide bonds. The summed E-state index contributed by atoms with van der Waals surface area (Å²) in [4.78, 5) is 14.0. The van der Waals surface area contributed by atoms with Crippen molar-refractivity contribution in [3.63, 3.8) is 0 Å². The van der Waals surface area contributed by atoms with Crippen molar-refractivity contribution < 1.29 is 14.7 Å². The predicted molar refractivity (Wildman–Crippen MR) is 73.0 cm³/mol. The van der Waals surface area contributed by atoms with Crippen LogP contribution in [-0.2, 0) is 9.53 Å². The Kier molecular flexibility index (Phi) is 6.62. The molecule has 0 radical (unpaired) electrons. The zero-order valence-electron chi connectivity index (χ0n) is 11.8. The van der Waals surface area contributed by atoms with Crippen LogP contribution >= 0.6 is 0 Å². The van der Waals surface area contributed by atoms with Crippen LogP contribution in [0.25, 0.3) is 0 Å². The number of hydrogen-bond donors (Lipinski definition) is 2. The number of hydrogen-bond acceptors (Lipinski definition) is 4. The molecule has 0 bridgehead atoms. The predicted octanol–water partition coefficient (Wildman–Crippen LogP) is 1.18. The van der Waals surface area contributed by atoms with Crippen molar-refractivity contribution in [3.05, 3.63) is 0 Å². The zero-order chi connectivity index (χ0) is 14.3. The normalized spacial score (nSPS) is 19.9. The number of rotatable bonds is 7. The van der Waals surface area contributed by atoms with Gasteiger partial charge in [-0.15, -0.1) is 0 Å². The van der Waals surface area contributed by atoms with Gasteiger partial charge in [0.1, 0.15) is 5.84 Å². The first-order valence-electron chi connectivity index (χ1n) is 6.88. The SMILES string of the molecule is CC(C)CN(CCC(N)=NO)C(=O)CC1CCCO1. The lowest BCUT2D eigenvalue weighted by molar-refractivity contribution is -0.133. The van der Waals surface area contributed by atoms with E-state index in [0.29, 0.717) is 31.8 Å². The van der Waals surface area contributed by atoms with Gasteiger partial charge in [-0.05, 0) is 18.8 Å². The molecule has 1 rings (SSSR count). The Labute approximate surface area is 114 Å². The Morgan fingerprint density at radius 1 is 1.58 bits per heavy atom. The second kappa shape index (κ2) is 7.99. The van der Waals surface area contributed by atoms with Gasteiger partial charge in [0, 0.05) is 26.1 Å². The molecule has 1 atom stereocenters. The summed E-state index contributed by atoms with van der Waals surface area (Å²) in [6, 6.07) is 0. The average molecular weight is 271 g/mol. The third kappa shape index (κ3) is 5.92. The molecule has 0 saturated carbocycles. The second-order valence-corrected chi connectivity index (χ2v) is 5.41. The Bertz CT molecular complexity index is 312. The largest absolute Gasteiger partial charge is 0.409 e. The van der Waals surface area contributed by atoms with Gasteiger partial charge in [-0.3, -0.25) is 4.79 Å². The number of amides is 1. The third-order valence-electron chi connectivity index (χ3n) is 3.13. The van der Waals surface area contributed by atoms with Gasteiger partial charge in [0.05, 0.1) is 12.5 Å². The van der Waals surface area contributed by atoms with Gasteiger partial charge in [-0.25, -0.2) is 0 Å². The molecule has 0 aromatic carbocycles. The van der Waals surface area contributed by atoms with Crippen LogP contribution in [0.4, 0.5) is 0 Å². The van der Waals surface area contributed by atoms with Crippen LogP contribution in [0, 0.1) is 5.92 Å². The fraction of sp³-hybridized carbons (Fsp3) is 0.846. The molecule has 1 aliphatic heterocycles. The highest BCUT2D eigenvalue weighted by atomic mass is 16.5. The van der Waals surface area contributed by atoms with E-state index in [4.69, 9.17) is 15.7 Å². The maximum absolute atomic E-state index is 12.2. The lowest BCUT2D eigenvalue weighted by atomic mass is 10.1. The average Bonchev–Trinajstić information content (AvgIpc) is 2.86. The van der Waals surface area contributed by atoms with E-state index in [2.05, 4.69) is 19.0 Å². The van der Waals surface area contributed by atoms with E-state index >= 15 is 0 Å². The summed E-state index contributed by atoms with van der Waals surface area (Å²) in [5, 5.41) is 11.5. The Balaban J connectivity index is 2.48. The lowest BCUT2D eigenvalue weighted by Crippen LogP contribution is -2.38. The zero-order valence-corrected chi connectivity index (χ0v) is 11.8. The van der Waals surface area contributed by atoms with Gasteiger partial charge in [-0.2, -0.15) is 0 Å². The minimum Gasteiger partial charge on any atom is -0.409 e. The van der Waals surface area contributed by atoms with E-state index in [1.807, 2.05) is 0 Å². The number of carbonyl (C=O) groups is 1. The van der Waals surface area contributed by atoms with Gasteiger partial charge in [0.25, 0.3) is 0 Å². The number of ether oxygens (including phenoxy) is 1. The minimum atomic E-state index is 0.0611. The van der Waals surface area contributed by atoms with Gasteiger partial charge < -0.3 is 20.6 Å². The molecule has 3 N–H and O–H groups in total. The molecule has 6 heteroatoms. The maximum atomic E-state index is 12.2. The first-order valence-corrected chi connectivity index (χ1v) is 6.88. The fourth-order valence-corrected chi connectivity index (χ4v) is 2.19. The van der Waals surface area contributed by atoms with Gasteiger partial charge in [-0.1, -0.05) is 19.0 Å². The maximum Gasteiger partial charge on any atom is 0.225 e. The molecule has 110 valence electrons. The Hall–Kier alpha value is -1.30. The summed E-state index contributed by atoms with van der Waals surface area (Å²) < 4.78 is 5.49. The molecule has 19 heavy (non-hydrogen) atoms. The van der Waals surface area contributed by atoms with Crippen LogP contribution in [0.3, 0.4) is 0 Å². The van der Waals surface area contributed by atoms with Gasteiger partial charge in [0.15, 0.2) is 0 Å². The standard InChI is InChI=1S/C13H25N3O3/c1-10(2)9-16(6-5-12(14)15-18)13(17)8-11-4-3-7-19-11/h10-11,18H,3-9H2,1-2H3,(H2,14,15). The molecule has 1 unspecified atom stereocenters. The van der Waals surface area contributed by atoms with E-state index in [-0.39, 0.29) is 17.8 Å². The molecule has 0 aromatic rings. The van der Waals surface area contributed by atoms with Crippen LogP contribution in [0.5, 0.6) is 0 Å². The molecule has 1 aliphatic rings. The molecular formula is C13H25N3O3. The fourth-order valence-electron chi connectivity index (χ4n) is 2.19. The minimum absolute atomic E-state index is 0.0611. The summed E-state index contributed by atoms with van der Waals surface area (Å²) in [5.74, 6) is 0.630. The molecule has 0 aliphatic carbocycles. The molecule has 1 saturated heterocycles. The molecule has 0 spiro atoms. The first kappa shape index (κ1) is 15.8. The number of nitrogens with zero attached hydrogens (tertiary/aromatic N) is 2. The van der Waals surface area contributed by atoms with Crippen molar-refractivity contribution in [3.8, 4) is 0 Å². The van der Waals surface area contributed by atoms with Gasteiger partial charge in [0.2, 0.25) is 5.91 Å². The number of oxime groups is 1. The van der Waals surface area contributed by atoms with Crippen LogP contribution in [0.15, 0.2) is 5.16 Å². The Morgan fingerprint density at radius 3 is 2.84 bits per heavy atom. The topological polar surface area (TPSA) is 88.1 Å². The molecule has 0 aromatic heterocycles. The van der Waals surface area contributed by atoms with E-state index < -0.39 is 0 Å². The quantitative estimate of drug-likeness (QED) is 0.315. The second-order valence-electron chi connectivity index (χ2n) is 5.41. The monoisotopic (exact) mass is 271 g/mol. The summed E-state index contributed by atoms with van der Waals surface area (Å²) in [7, 11) is 0. The van der Waals surface area contributed by atoms with Gasteiger partial charge >= 0.3 is 0 Å². The highest BCUT2D eigenvalue weighted by Crippen LogP contribution is 2.17. The molecule has 1 heterocycles. The smallest absolute Gasteiger partial charge is 0.225 e.